The molecule has 2 N–H and O–H groups in total. The molecule has 2 saturated heterocycles. The predicted molar refractivity (Wildman–Crippen MR) is 118 cm³/mol. The SMILES string of the molecule is Cc1ccc(CN2C[C@@H](OCc3ccccn3)[C@H]3COC[C@H]32)s1.O=C(O)C(F)(F)F.O=C(O)C(F)(F)F. The summed E-state index contributed by atoms with van der Waals surface area (Å²) in [4.78, 5) is 27.5. The van der Waals surface area contributed by atoms with E-state index in [1.54, 1.807) is 0 Å². The maximum Gasteiger partial charge on any atom is 0.490 e. The molecule has 2 aromatic rings. The van der Waals surface area contributed by atoms with E-state index in [9.17, 15) is 26.3 Å². The van der Waals surface area contributed by atoms with Gasteiger partial charge in [0.2, 0.25) is 0 Å². The summed E-state index contributed by atoms with van der Waals surface area (Å²) >= 11 is 1.89. The van der Waals surface area contributed by atoms with Crippen LogP contribution < -0.4 is 0 Å². The van der Waals surface area contributed by atoms with E-state index in [4.69, 9.17) is 29.3 Å². The topological polar surface area (TPSA) is 109 Å². The minimum Gasteiger partial charge on any atom is -0.475 e. The van der Waals surface area contributed by atoms with Crippen molar-refractivity contribution >= 4 is 23.3 Å². The molecule has 0 amide bonds. The van der Waals surface area contributed by atoms with Crippen molar-refractivity contribution in [3.8, 4) is 0 Å². The number of pyridine rings is 1. The molecular weight excluding hydrogens is 534 g/mol. The fraction of sp³-hybridized carbons (Fsp3) is 0.500. The number of carboxylic acid groups (broad SMARTS) is 2. The first kappa shape index (κ1) is 30.5. The molecule has 0 radical (unpaired) electrons. The standard InChI is InChI=1S/C18H22N2O2S.2C2HF3O2/c1-13-5-6-15(23-13)8-20-9-18(16-11-21-12-17(16)20)22-10-14-4-2-3-7-19-14;2*3-2(4,5)1(6)7/h2-7,16-18H,8-12H2,1H3;2*(H,6,7)/t16-,17+,18+;;/m0../s1. The Labute approximate surface area is 211 Å². The minimum absolute atomic E-state index is 0.241. The number of nitrogens with zero attached hydrogens (tertiary/aromatic N) is 2. The molecule has 4 heterocycles. The Bertz CT molecular complexity index is 993. The number of hydrogen-bond acceptors (Lipinski definition) is 7. The van der Waals surface area contributed by atoms with E-state index in [1.807, 2.05) is 35.7 Å². The van der Waals surface area contributed by atoms with Crippen molar-refractivity contribution in [3.63, 3.8) is 0 Å². The van der Waals surface area contributed by atoms with Gasteiger partial charge < -0.3 is 19.7 Å². The number of aromatic nitrogens is 1. The Balaban J connectivity index is 0.000000286. The number of thiophene rings is 1. The number of carboxylic acids is 2. The molecule has 2 fully saturated rings. The van der Waals surface area contributed by atoms with E-state index in [2.05, 4.69) is 28.9 Å². The van der Waals surface area contributed by atoms with Crippen LogP contribution in [0.4, 0.5) is 26.3 Å². The Hall–Kier alpha value is -2.75. The molecule has 2 aliphatic rings. The number of ether oxygens (including phenoxy) is 2. The summed E-state index contributed by atoms with van der Waals surface area (Å²) in [7, 11) is 0. The van der Waals surface area contributed by atoms with Gasteiger partial charge in [-0.05, 0) is 31.2 Å². The Kier molecular flexibility index (Phi) is 10.8. The molecule has 0 saturated carbocycles. The summed E-state index contributed by atoms with van der Waals surface area (Å²) in [6, 6.07) is 10.9. The van der Waals surface area contributed by atoms with Crippen LogP contribution in [0.1, 0.15) is 15.4 Å². The van der Waals surface area contributed by atoms with Crippen molar-refractivity contribution in [3.05, 3.63) is 52.0 Å². The van der Waals surface area contributed by atoms with Crippen LogP contribution in [-0.2, 0) is 32.2 Å². The number of halogens is 6. The van der Waals surface area contributed by atoms with Gasteiger partial charge in [-0.15, -0.1) is 11.3 Å². The third kappa shape index (κ3) is 9.91. The number of aliphatic carboxylic acids is 2. The first-order chi connectivity index (χ1) is 17.2. The molecular formula is C22H24F6N2O6S. The maximum absolute atomic E-state index is 10.6. The van der Waals surface area contributed by atoms with Crippen LogP contribution in [0.3, 0.4) is 0 Å². The second-order valence-corrected chi connectivity index (χ2v) is 9.36. The van der Waals surface area contributed by atoms with Crippen LogP contribution >= 0.6 is 11.3 Å². The lowest BCUT2D eigenvalue weighted by Gasteiger charge is -2.21. The quantitative estimate of drug-likeness (QED) is 0.528. The molecule has 37 heavy (non-hydrogen) atoms. The van der Waals surface area contributed by atoms with Crippen molar-refractivity contribution in [1.82, 2.24) is 9.88 Å². The Morgan fingerprint density at radius 3 is 2.19 bits per heavy atom. The van der Waals surface area contributed by atoms with Gasteiger partial charge >= 0.3 is 24.3 Å². The third-order valence-corrected chi connectivity index (χ3v) is 6.25. The van der Waals surface area contributed by atoms with Crippen LogP contribution in [0.2, 0.25) is 0 Å². The number of likely N-dealkylation sites (tertiary alicyclic amines) is 1. The van der Waals surface area contributed by atoms with Crippen molar-refractivity contribution < 1.29 is 55.6 Å². The highest BCUT2D eigenvalue weighted by Crippen LogP contribution is 2.34. The summed E-state index contributed by atoms with van der Waals surface area (Å²) in [5.74, 6) is -5.03. The van der Waals surface area contributed by atoms with Crippen LogP contribution in [-0.4, -0.2) is 76.3 Å². The largest absolute Gasteiger partial charge is 0.490 e. The Morgan fingerprint density at radius 1 is 1.08 bits per heavy atom. The molecule has 0 spiro atoms. The number of alkyl halides is 6. The van der Waals surface area contributed by atoms with Crippen LogP contribution in [0.5, 0.6) is 0 Å². The number of fused-ring (bicyclic) bond motifs is 1. The van der Waals surface area contributed by atoms with E-state index < -0.39 is 24.3 Å². The maximum atomic E-state index is 10.6. The molecule has 3 atom stereocenters. The summed E-state index contributed by atoms with van der Waals surface area (Å²) in [5, 5.41) is 14.2. The fourth-order valence-electron chi connectivity index (χ4n) is 3.60. The molecule has 2 aliphatic heterocycles. The van der Waals surface area contributed by atoms with Gasteiger partial charge in [-0.3, -0.25) is 9.88 Å². The van der Waals surface area contributed by atoms with Crippen molar-refractivity contribution in [2.24, 2.45) is 5.92 Å². The number of aryl methyl sites for hydroxylation is 1. The summed E-state index contributed by atoms with van der Waals surface area (Å²) < 4.78 is 75.4. The van der Waals surface area contributed by atoms with E-state index in [-0.39, 0.29) is 6.10 Å². The molecule has 0 aliphatic carbocycles. The molecule has 8 nitrogen and oxygen atoms in total. The van der Waals surface area contributed by atoms with Gasteiger partial charge in [0.1, 0.15) is 0 Å². The highest BCUT2D eigenvalue weighted by atomic mass is 32.1. The van der Waals surface area contributed by atoms with Crippen molar-refractivity contribution in [1.29, 1.82) is 0 Å². The fourth-order valence-corrected chi connectivity index (χ4v) is 4.51. The number of hydrogen-bond donors (Lipinski definition) is 2. The second-order valence-electron chi connectivity index (χ2n) is 7.99. The normalized spacial score (nSPS) is 21.3. The highest BCUT2D eigenvalue weighted by Gasteiger charge is 2.46. The average molecular weight is 558 g/mol. The van der Waals surface area contributed by atoms with Gasteiger partial charge in [0, 0.05) is 41.0 Å². The van der Waals surface area contributed by atoms with Crippen LogP contribution in [0.25, 0.3) is 0 Å². The highest BCUT2D eigenvalue weighted by molar-refractivity contribution is 7.11. The van der Waals surface area contributed by atoms with E-state index >= 15 is 0 Å². The molecule has 15 heteroatoms. The van der Waals surface area contributed by atoms with Gasteiger partial charge in [0.15, 0.2) is 0 Å². The van der Waals surface area contributed by atoms with E-state index in [1.165, 1.54) is 9.75 Å². The number of carbonyl (C=O) groups is 2. The van der Waals surface area contributed by atoms with Crippen LogP contribution in [0.15, 0.2) is 36.5 Å². The lowest BCUT2D eigenvalue weighted by atomic mass is 10.0. The lowest BCUT2D eigenvalue weighted by Crippen LogP contribution is -2.31. The van der Waals surface area contributed by atoms with E-state index in [0.29, 0.717) is 18.6 Å². The molecule has 206 valence electrons. The summed E-state index contributed by atoms with van der Waals surface area (Å²) in [5.41, 5.74) is 0.996. The second kappa shape index (κ2) is 13.2. The van der Waals surface area contributed by atoms with Gasteiger partial charge in [-0.2, -0.15) is 26.3 Å². The first-order valence-electron chi connectivity index (χ1n) is 10.7. The van der Waals surface area contributed by atoms with E-state index in [0.717, 1.165) is 32.0 Å². The Morgan fingerprint density at radius 2 is 1.70 bits per heavy atom. The third-order valence-electron chi connectivity index (χ3n) is 5.27. The summed E-state index contributed by atoms with van der Waals surface area (Å²) in [6.07, 6.45) is -8.11. The van der Waals surface area contributed by atoms with Crippen molar-refractivity contribution in [2.45, 2.75) is 44.6 Å². The van der Waals surface area contributed by atoms with Gasteiger partial charge in [0.25, 0.3) is 0 Å². The summed E-state index contributed by atoms with van der Waals surface area (Å²) in [6.45, 7) is 6.39. The predicted octanol–water partition coefficient (Wildman–Crippen LogP) is 4.13. The lowest BCUT2D eigenvalue weighted by molar-refractivity contribution is -0.193. The van der Waals surface area contributed by atoms with Gasteiger partial charge in [-0.1, -0.05) is 6.07 Å². The zero-order valence-electron chi connectivity index (χ0n) is 19.3. The monoisotopic (exact) mass is 558 g/mol. The average Bonchev–Trinajstić information content (AvgIpc) is 3.51. The molecule has 4 rings (SSSR count). The van der Waals surface area contributed by atoms with Gasteiger partial charge in [-0.25, -0.2) is 9.59 Å². The van der Waals surface area contributed by atoms with Crippen LogP contribution in [0, 0.1) is 12.8 Å². The zero-order valence-corrected chi connectivity index (χ0v) is 20.1. The molecule has 0 bridgehead atoms. The van der Waals surface area contributed by atoms with Gasteiger partial charge in [0.05, 0.1) is 31.6 Å². The smallest absolute Gasteiger partial charge is 0.475 e. The minimum atomic E-state index is -5.08. The molecule has 2 aromatic heterocycles. The molecule has 0 aromatic carbocycles. The zero-order chi connectivity index (χ0) is 27.8. The first-order valence-corrected chi connectivity index (χ1v) is 11.5. The number of rotatable bonds is 5. The van der Waals surface area contributed by atoms with Crippen molar-refractivity contribution in [2.75, 3.05) is 19.8 Å². The molecule has 0 unspecified atom stereocenters.